The van der Waals surface area contributed by atoms with E-state index in [0.29, 0.717) is 22.0 Å². The van der Waals surface area contributed by atoms with Gasteiger partial charge in [-0.25, -0.2) is 4.39 Å². The van der Waals surface area contributed by atoms with Gasteiger partial charge in [-0.15, -0.1) is 0 Å². The molecule has 1 N–H and O–H groups in total. The number of carbonyl (C=O) groups excluding carboxylic acids is 2. The maximum atomic E-state index is 14.1. The molecule has 1 aliphatic heterocycles. The molecule has 0 spiro atoms. The summed E-state index contributed by atoms with van der Waals surface area (Å²) >= 11 is 6.31. The van der Waals surface area contributed by atoms with E-state index in [0.717, 1.165) is 11.6 Å². The molecule has 0 radical (unpaired) electrons. The number of methoxy groups -OCH3 is 2. The molecule has 3 aromatic rings. The molecular formula is C26H21ClFNO5. The summed E-state index contributed by atoms with van der Waals surface area (Å²) < 4.78 is 24.8. The van der Waals surface area contributed by atoms with E-state index >= 15 is 0 Å². The van der Waals surface area contributed by atoms with Crippen LogP contribution in [-0.2, 0) is 9.59 Å². The second-order valence-corrected chi connectivity index (χ2v) is 8.10. The van der Waals surface area contributed by atoms with Crippen LogP contribution in [0.15, 0.2) is 66.2 Å². The third-order valence-corrected chi connectivity index (χ3v) is 6.14. The summed E-state index contributed by atoms with van der Waals surface area (Å²) in [5.41, 5.74) is 1.33. The van der Waals surface area contributed by atoms with Gasteiger partial charge in [0.1, 0.15) is 23.1 Å². The number of carbonyl (C=O) groups is 2. The number of Topliss-reactive ketones (excluding diaryl/α,β-unsaturated/α-hetero) is 1. The Bertz CT molecular complexity index is 1340. The molecule has 1 fully saturated rings. The predicted molar refractivity (Wildman–Crippen MR) is 127 cm³/mol. The first-order valence-corrected chi connectivity index (χ1v) is 10.7. The molecule has 174 valence electrons. The van der Waals surface area contributed by atoms with E-state index in [2.05, 4.69) is 0 Å². The summed E-state index contributed by atoms with van der Waals surface area (Å²) in [6, 6.07) is 14.3. The molecule has 3 aromatic carbocycles. The number of halogens is 2. The molecule has 1 atom stereocenters. The number of para-hydroxylation sites is 1. The van der Waals surface area contributed by atoms with Crippen molar-refractivity contribution in [3.05, 3.63) is 93.8 Å². The van der Waals surface area contributed by atoms with Crippen LogP contribution in [0.3, 0.4) is 0 Å². The van der Waals surface area contributed by atoms with E-state index in [4.69, 9.17) is 21.1 Å². The smallest absolute Gasteiger partial charge is 0.300 e. The third kappa shape index (κ3) is 3.88. The molecule has 34 heavy (non-hydrogen) atoms. The number of aryl methyl sites for hydroxylation is 1. The number of hydrogen-bond donors (Lipinski definition) is 1. The van der Waals surface area contributed by atoms with Crippen molar-refractivity contribution in [3.8, 4) is 11.5 Å². The number of benzene rings is 3. The Morgan fingerprint density at radius 1 is 1.00 bits per heavy atom. The number of anilines is 1. The summed E-state index contributed by atoms with van der Waals surface area (Å²) in [5, 5.41) is 11.7. The SMILES string of the molecule is COc1ccc(F)cc1/C(O)=C1\C(=O)C(=O)N(c2ccc(C)c(Cl)c2)C1c1ccccc1OC. The summed E-state index contributed by atoms with van der Waals surface area (Å²) in [5.74, 6) is -2.47. The van der Waals surface area contributed by atoms with Gasteiger partial charge in [-0.2, -0.15) is 0 Å². The Kier molecular flexibility index (Phi) is 6.30. The first kappa shape index (κ1) is 23.3. The molecule has 0 aliphatic carbocycles. The highest BCUT2D eigenvalue weighted by Gasteiger charge is 2.48. The zero-order chi connectivity index (χ0) is 24.6. The van der Waals surface area contributed by atoms with E-state index in [-0.39, 0.29) is 16.9 Å². The van der Waals surface area contributed by atoms with Crippen molar-refractivity contribution in [3.63, 3.8) is 0 Å². The number of hydrogen-bond acceptors (Lipinski definition) is 5. The molecule has 1 heterocycles. The standard InChI is InChI=1S/C26H21ClFNO5/c1-14-8-10-16(13-19(14)27)29-23(17-6-4-5-7-20(17)33-2)22(25(31)26(29)32)24(30)18-12-15(28)9-11-21(18)34-3/h4-13,23,30H,1-3H3/b24-22+. The highest BCUT2D eigenvalue weighted by atomic mass is 35.5. The van der Waals surface area contributed by atoms with Gasteiger partial charge < -0.3 is 14.6 Å². The van der Waals surface area contributed by atoms with Crippen LogP contribution in [0.2, 0.25) is 5.02 Å². The van der Waals surface area contributed by atoms with Crippen molar-refractivity contribution in [1.82, 2.24) is 0 Å². The third-order valence-electron chi connectivity index (χ3n) is 5.73. The van der Waals surface area contributed by atoms with Crippen LogP contribution in [0.1, 0.15) is 22.7 Å². The van der Waals surface area contributed by atoms with Crippen LogP contribution in [0, 0.1) is 12.7 Å². The fraction of sp³-hybridized carbons (Fsp3) is 0.154. The van der Waals surface area contributed by atoms with Gasteiger partial charge in [0, 0.05) is 16.3 Å². The maximum Gasteiger partial charge on any atom is 0.300 e. The second-order valence-electron chi connectivity index (χ2n) is 7.69. The fourth-order valence-corrected chi connectivity index (χ4v) is 4.20. The van der Waals surface area contributed by atoms with Gasteiger partial charge in [-0.05, 0) is 48.9 Å². The molecule has 6 nitrogen and oxygen atoms in total. The first-order chi connectivity index (χ1) is 16.3. The molecule has 1 saturated heterocycles. The van der Waals surface area contributed by atoms with Crippen molar-refractivity contribution < 1.29 is 28.6 Å². The Morgan fingerprint density at radius 2 is 1.71 bits per heavy atom. The number of aliphatic hydroxyl groups is 1. The van der Waals surface area contributed by atoms with E-state index in [1.54, 1.807) is 42.5 Å². The van der Waals surface area contributed by atoms with Gasteiger partial charge in [0.25, 0.3) is 11.7 Å². The van der Waals surface area contributed by atoms with Gasteiger partial charge in [-0.1, -0.05) is 35.9 Å². The molecular weight excluding hydrogens is 461 g/mol. The Balaban J connectivity index is 2.03. The Hall–Kier alpha value is -3.84. The number of ketones is 1. The van der Waals surface area contributed by atoms with Crippen LogP contribution in [0.5, 0.6) is 11.5 Å². The Morgan fingerprint density at radius 3 is 2.38 bits per heavy atom. The van der Waals surface area contributed by atoms with Gasteiger partial charge in [0.05, 0.1) is 31.4 Å². The number of rotatable bonds is 5. The normalized spacial score (nSPS) is 17.2. The predicted octanol–water partition coefficient (Wildman–Crippen LogP) is 5.43. The van der Waals surface area contributed by atoms with Crippen molar-refractivity contribution >= 4 is 34.7 Å². The van der Waals surface area contributed by atoms with Crippen LogP contribution in [0.25, 0.3) is 5.76 Å². The second kappa shape index (κ2) is 9.19. The molecule has 0 saturated carbocycles. The van der Waals surface area contributed by atoms with Crippen molar-refractivity contribution in [2.75, 3.05) is 19.1 Å². The lowest BCUT2D eigenvalue weighted by Gasteiger charge is -2.27. The van der Waals surface area contributed by atoms with Crippen LogP contribution < -0.4 is 14.4 Å². The minimum Gasteiger partial charge on any atom is -0.507 e. The Labute approximate surface area is 200 Å². The molecule has 4 rings (SSSR count). The molecule has 0 aromatic heterocycles. The van der Waals surface area contributed by atoms with Crippen LogP contribution in [0.4, 0.5) is 10.1 Å². The average molecular weight is 482 g/mol. The highest BCUT2D eigenvalue weighted by molar-refractivity contribution is 6.52. The number of ether oxygens (including phenoxy) is 2. The molecule has 8 heteroatoms. The summed E-state index contributed by atoms with van der Waals surface area (Å²) in [4.78, 5) is 27.9. The molecule has 0 bridgehead atoms. The molecule has 1 amide bonds. The topological polar surface area (TPSA) is 76.1 Å². The lowest BCUT2D eigenvalue weighted by atomic mass is 9.94. The molecule has 1 unspecified atom stereocenters. The zero-order valence-electron chi connectivity index (χ0n) is 18.6. The van der Waals surface area contributed by atoms with E-state index in [1.165, 1.54) is 31.3 Å². The summed E-state index contributed by atoms with van der Waals surface area (Å²) in [6.07, 6.45) is 0. The van der Waals surface area contributed by atoms with Crippen LogP contribution >= 0.6 is 11.6 Å². The first-order valence-electron chi connectivity index (χ1n) is 10.3. The minimum atomic E-state index is -1.07. The summed E-state index contributed by atoms with van der Waals surface area (Å²) in [6.45, 7) is 1.81. The monoisotopic (exact) mass is 481 g/mol. The van der Waals surface area contributed by atoms with Gasteiger partial charge >= 0.3 is 0 Å². The van der Waals surface area contributed by atoms with E-state index < -0.39 is 29.3 Å². The van der Waals surface area contributed by atoms with Crippen molar-refractivity contribution in [2.45, 2.75) is 13.0 Å². The zero-order valence-corrected chi connectivity index (χ0v) is 19.4. The highest BCUT2D eigenvalue weighted by Crippen LogP contribution is 2.46. The fourth-order valence-electron chi connectivity index (χ4n) is 4.03. The maximum absolute atomic E-state index is 14.1. The molecule has 1 aliphatic rings. The largest absolute Gasteiger partial charge is 0.507 e. The summed E-state index contributed by atoms with van der Waals surface area (Å²) in [7, 11) is 2.82. The van der Waals surface area contributed by atoms with E-state index in [1.807, 2.05) is 6.92 Å². The lowest BCUT2D eigenvalue weighted by Crippen LogP contribution is -2.29. The van der Waals surface area contributed by atoms with Crippen LogP contribution in [-0.4, -0.2) is 31.0 Å². The number of aliphatic hydroxyl groups excluding tert-OH is 1. The van der Waals surface area contributed by atoms with Crippen molar-refractivity contribution in [1.29, 1.82) is 0 Å². The lowest BCUT2D eigenvalue weighted by molar-refractivity contribution is -0.132. The number of amides is 1. The van der Waals surface area contributed by atoms with Gasteiger partial charge in [-0.3, -0.25) is 14.5 Å². The van der Waals surface area contributed by atoms with E-state index in [9.17, 15) is 19.1 Å². The van der Waals surface area contributed by atoms with Gasteiger partial charge in [0.2, 0.25) is 0 Å². The average Bonchev–Trinajstić information content (AvgIpc) is 3.10. The quantitative estimate of drug-likeness (QED) is 0.299. The van der Waals surface area contributed by atoms with Crippen molar-refractivity contribution in [2.24, 2.45) is 0 Å². The minimum absolute atomic E-state index is 0.0534. The van der Waals surface area contributed by atoms with Gasteiger partial charge in [0.15, 0.2) is 0 Å². The number of nitrogens with zero attached hydrogens (tertiary/aromatic N) is 1.